The summed E-state index contributed by atoms with van der Waals surface area (Å²) in [5.74, 6) is 0.493. The largest absolute Gasteiger partial charge is 0.463 e. The number of furan rings is 1. The normalized spacial score (nSPS) is 12.0. The minimum atomic E-state index is -4.89. The predicted octanol–water partition coefficient (Wildman–Crippen LogP) is 3.93. The lowest BCUT2D eigenvalue weighted by Crippen LogP contribution is -2.35. The maximum atomic E-state index is 13.0. The molecule has 12 heteroatoms. The van der Waals surface area contributed by atoms with Gasteiger partial charge >= 0.3 is 12.2 Å². The van der Waals surface area contributed by atoms with Crippen molar-refractivity contribution in [2.75, 3.05) is 5.32 Å². The number of anilines is 1. The topological polar surface area (TPSA) is 101 Å². The summed E-state index contributed by atoms with van der Waals surface area (Å²) < 4.78 is 70.1. The van der Waals surface area contributed by atoms with Crippen molar-refractivity contribution < 1.29 is 30.8 Å². The van der Waals surface area contributed by atoms with Crippen molar-refractivity contribution in [1.82, 2.24) is 9.71 Å². The third-order valence-corrected chi connectivity index (χ3v) is 5.52. The molecule has 7 nitrogen and oxygen atoms in total. The van der Waals surface area contributed by atoms with Gasteiger partial charge in [0.05, 0.1) is 27.8 Å². The Morgan fingerprint density at radius 1 is 1.15 bits per heavy atom. The van der Waals surface area contributed by atoms with E-state index < -0.39 is 32.7 Å². The number of sulfonamides is 1. The Kier molecular flexibility index (Phi) is 4.93. The highest BCUT2D eigenvalue weighted by molar-refractivity contribution is 7.90. The Labute approximate surface area is 154 Å². The summed E-state index contributed by atoms with van der Waals surface area (Å²) in [6.45, 7) is 0. The van der Waals surface area contributed by atoms with Crippen molar-refractivity contribution in [3.63, 3.8) is 0 Å². The van der Waals surface area contributed by atoms with Crippen molar-refractivity contribution in [1.29, 1.82) is 0 Å². The smallest absolute Gasteiger partial charge is 0.417 e. The molecule has 1 aromatic carbocycles. The van der Waals surface area contributed by atoms with Crippen LogP contribution < -0.4 is 10.0 Å². The van der Waals surface area contributed by atoms with Gasteiger partial charge in [0.15, 0.2) is 5.13 Å². The first-order valence-electron chi connectivity index (χ1n) is 7.16. The Hall–Kier alpha value is -2.86. The van der Waals surface area contributed by atoms with E-state index in [-0.39, 0.29) is 5.13 Å². The average molecular weight is 417 g/mol. The number of hydrogen-bond acceptors (Lipinski definition) is 6. The zero-order valence-electron chi connectivity index (χ0n) is 13.1. The lowest BCUT2D eigenvalue weighted by atomic mass is 10.2. The molecule has 0 aliphatic rings. The Bertz CT molecular complexity index is 1060. The van der Waals surface area contributed by atoms with Crippen LogP contribution in [0.3, 0.4) is 0 Å². The van der Waals surface area contributed by atoms with E-state index in [4.69, 9.17) is 4.42 Å². The van der Waals surface area contributed by atoms with Crippen LogP contribution in [0.5, 0.6) is 0 Å². The van der Waals surface area contributed by atoms with Gasteiger partial charge < -0.3 is 4.42 Å². The monoisotopic (exact) mass is 417 g/mol. The maximum Gasteiger partial charge on any atom is 0.417 e. The molecule has 2 aromatic heterocycles. The van der Waals surface area contributed by atoms with Crippen LogP contribution in [0.4, 0.5) is 23.1 Å². The molecule has 27 heavy (non-hydrogen) atoms. The van der Waals surface area contributed by atoms with Gasteiger partial charge in [0.25, 0.3) is 10.0 Å². The standard InChI is InChI=1S/C15H10F3N3O4S2/c16-15(17,18)9-4-1-2-6-12(9)27(23,24)21-13(22)20-14-19-8-11(26-14)10-5-3-7-25-10/h1-8H,(H2,19,20,21,22). The van der Waals surface area contributed by atoms with Gasteiger partial charge in [-0.3, -0.25) is 5.32 Å². The molecule has 0 unspecified atom stereocenters. The fourth-order valence-electron chi connectivity index (χ4n) is 2.10. The summed E-state index contributed by atoms with van der Waals surface area (Å²) in [6.07, 6.45) is -2.05. The number of rotatable bonds is 4. The quantitative estimate of drug-likeness (QED) is 0.670. The van der Waals surface area contributed by atoms with E-state index in [0.717, 1.165) is 29.5 Å². The summed E-state index contributed by atoms with van der Waals surface area (Å²) in [5.41, 5.74) is -1.38. The van der Waals surface area contributed by atoms with E-state index >= 15 is 0 Å². The molecule has 3 aromatic rings. The summed E-state index contributed by atoms with van der Waals surface area (Å²) in [7, 11) is -4.75. The third kappa shape index (κ3) is 4.28. The number of urea groups is 1. The molecule has 0 fully saturated rings. The summed E-state index contributed by atoms with van der Waals surface area (Å²) in [5, 5.41) is 2.20. The number of carbonyl (C=O) groups excluding carboxylic acids is 1. The lowest BCUT2D eigenvalue weighted by Gasteiger charge is -2.13. The van der Waals surface area contributed by atoms with Crippen LogP contribution in [-0.2, 0) is 16.2 Å². The van der Waals surface area contributed by atoms with Crippen molar-refractivity contribution in [3.8, 4) is 10.6 Å². The number of nitrogens with one attached hydrogen (secondary N) is 2. The van der Waals surface area contributed by atoms with Crippen LogP contribution in [0.25, 0.3) is 10.6 Å². The second kappa shape index (κ2) is 7.04. The number of benzene rings is 1. The van der Waals surface area contributed by atoms with Gasteiger partial charge in [0.2, 0.25) is 0 Å². The van der Waals surface area contributed by atoms with Gasteiger partial charge in [-0.15, -0.1) is 0 Å². The molecule has 0 bridgehead atoms. The molecule has 3 rings (SSSR count). The fraction of sp³-hybridized carbons (Fsp3) is 0.0667. The van der Waals surface area contributed by atoms with E-state index in [0.29, 0.717) is 16.7 Å². The molecule has 2 amide bonds. The molecule has 0 atom stereocenters. The minimum absolute atomic E-state index is 0.0400. The maximum absolute atomic E-state index is 13.0. The van der Waals surface area contributed by atoms with Crippen molar-refractivity contribution in [3.05, 3.63) is 54.4 Å². The van der Waals surface area contributed by atoms with Crippen LogP contribution in [0, 0.1) is 0 Å². The average Bonchev–Trinajstić information content (AvgIpc) is 3.24. The molecular weight excluding hydrogens is 407 g/mol. The first-order valence-corrected chi connectivity index (χ1v) is 9.46. The van der Waals surface area contributed by atoms with Crippen LogP contribution in [0.1, 0.15) is 5.56 Å². The minimum Gasteiger partial charge on any atom is -0.463 e. The first-order chi connectivity index (χ1) is 12.7. The Balaban J connectivity index is 1.76. The highest BCUT2D eigenvalue weighted by Crippen LogP contribution is 2.34. The van der Waals surface area contributed by atoms with Gasteiger partial charge in [0, 0.05) is 0 Å². The molecule has 0 aliphatic carbocycles. The molecule has 0 saturated carbocycles. The van der Waals surface area contributed by atoms with Crippen molar-refractivity contribution in [2.24, 2.45) is 0 Å². The highest BCUT2D eigenvalue weighted by Gasteiger charge is 2.37. The zero-order valence-corrected chi connectivity index (χ0v) is 14.8. The lowest BCUT2D eigenvalue weighted by molar-refractivity contribution is -0.139. The summed E-state index contributed by atoms with van der Waals surface area (Å²) >= 11 is 0.997. The van der Waals surface area contributed by atoms with E-state index in [1.165, 1.54) is 12.5 Å². The molecule has 0 spiro atoms. The van der Waals surface area contributed by atoms with E-state index in [9.17, 15) is 26.4 Å². The first kappa shape index (κ1) is 18.9. The number of aromatic nitrogens is 1. The van der Waals surface area contributed by atoms with Crippen molar-refractivity contribution in [2.45, 2.75) is 11.1 Å². The van der Waals surface area contributed by atoms with Gasteiger partial charge in [0.1, 0.15) is 5.76 Å². The molecule has 2 N–H and O–H groups in total. The highest BCUT2D eigenvalue weighted by atomic mass is 32.2. The van der Waals surface area contributed by atoms with Gasteiger partial charge in [-0.2, -0.15) is 13.2 Å². The zero-order chi connectivity index (χ0) is 19.7. The number of thiazole rings is 1. The number of alkyl halides is 3. The van der Waals surface area contributed by atoms with E-state index in [2.05, 4.69) is 10.3 Å². The number of nitrogens with zero attached hydrogens (tertiary/aromatic N) is 1. The summed E-state index contributed by atoms with van der Waals surface area (Å²) in [4.78, 5) is 15.3. The number of amides is 2. The van der Waals surface area contributed by atoms with Crippen LogP contribution >= 0.6 is 11.3 Å². The predicted molar refractivity (Wildman–Crippen MR) is 90.6 cm³/mol. The van der Waals surface area contributed by atoms with E-state index in [1.54, 1.807) is 16.9 Å². The fourth-order valence-corrected chi connectivity index (χ4v) is 4.02. The molecule has 0 radical (unpaired) electrons. The SMILES string of the molecule is O=C(Nc1ncc(-c2ccco2)s1)NS(=O)(=O)c1ccccc1C(F)(F)F. The molecule has 142 valence electrons. The summed E-state index contributed by atoms with van der Waals surface area (Å²) in [6, 6.07) is 5.62. The molecule has 0 saturated heterocycles. The Morgan fingerprint density at radius 2 is 1.89 bits per heavy atom. The van der Waals surface area contributed by atoms with Crippen LogP contribution in [-0.4, -0.2) is 19.4 Å². The molecule has 2 heterocycles. The molecule has 0 aliphatic heterocycles. The third-order valence-electron chi connectivity index (χ3n) is 3.20. The second-order valence-corrected chi connectivity index (χ2v) is 7.74. The van der Waals surface area contributed by atoms with Gasteiger partial charge in [-0.05, 0) is 24.3 Å². The van der Waals surface area contributed by atoms with Gasteiger partial charge in [-0.25, -0.2) is 22.9 Å². The van der Waals surface area contributed by atoms with Crippen LogP contribution in [0.15, 0.2) is 58.2 Å². The number of carbonyl (C=O) groups is 1. The number of halogens is 3. The van der Waals surface area contributed by atoms with Gasteiger partial charge in [-0.1, -0.05) is 23.5 Å². The second-order valence-electron chi connectivity index (χ2n) is 5.06. The number of hydrogen-bond donors (Lipinski definition) is 2. The van der Waals surface area contributed by atoms with Crippen molar-refractivity contribution >= 4 is 32.5 Å². The van der Waals surface area contributed by atoms with E-state index in [1.807, 2.05) is 0 Å². The van der Waals surface area contributed by atoms with Crippen LogP contribution in [0.2, 0.25) is 0 Å². The Morgan fingerprint density at radius 3 is 2.56 bits per heavy atom. The molecular formula is C15H10F3N3O4S2.